The van der Waals surface area contributed by atoms with Crippen molar-refractivity contribution in [2.75, 3.05) is 28.4 Å². The van der Waals surface area contributed by atoms with Gasteiger partial charge in [-0.05, 0) is 18.2 Å². The molecule has 0 bridgehead atoms. The number of methoxy groups -OCH3 is 4. The molecule has 0 spiro atoms. The average molecular weight is 435 g/mol. The van der Waals surface area contributed by atoms with Crippen LogP contribution in [0.5, 0.6) is 17.2 Å². The van der Waals surface area contributed by atoms with Crippen LogP contribution in [0.15, 0.2) is 53.5 Å². The number of H-pyrrole nitrogens is 1. The minimum Gasteiger partial charge on any atom is -0.493 e. The summed E-state index contributed by atoms with van der Waals surface area (Å²) in [5.74, 6) is 0.823. The van der Waals surface area contributed by atoms with Crippen LogP contribution < -0.4 is 19.9 Å². The molecule has 2 aromatic heterocycles. The van der Waals surface area contributed by atoms with Gasteiger partial charge in [0.1, 0.15) is 0 Å². The standard InChI is InChI=1S/C23H21N3O6/c1-29-19-9-15(10-20(30-2)21(19)31-3)26-18-11-16(24-12-17(18)25-23(26)28)13-6-5-7-14(8-13)22(27)32-4/h5-12H,1-4H3,(H,25,28). The first-order valence-electron chi connectivity index (χ1n) is 9.60. The number of aromatic amines is 1. The Bertz CT molecular complexity index is 1350. The van der Waals surface area contributed by atoms with E-state index in [4.69, 9.17) is 18.9 Å². The zero-order valence-electron chi connectivity index (χ0n) is 18.0. The lowest BCUT2D eigenvalue weighted by atomic mass is 10.1. The monoisotopic (exact) mass is 435 g/mol. The zero-order valence-corrected chi connectivity index (χ0v) is 18.0. The number of nitrogens with one attached hydrogen (secondary N) is 1. The van der Waals surface area contributed by atoms with Gasteiger partial charge in [-0.3, -0.25) is 9.55 Å². The van der Waals surface area contributed by atoms with Gasteiger partial charge in [0.2, 0.25) is 5.75 Å². The van der Waals surface area contributed by atoms with Gasteiger partial charge >= 0.3 is 11.7 Å². The molecule has 164 valence electrons. The van der Waals surface area contributed by atoms with E-state index in [9.17, 15) is 9.59 Å². The lowest BCUT2D eigenvalue weighted by molar-refractivity contribution is 0.0601. The molecule has 0 saturated heterocycles. The third-order valence-electron chi connectivity index (χ3n) is 5.05. The van der Waals surface area contributed by atoms with Gasteiger partial charge in [-0.15, -0.1) is 0 Å². The molecule has 32 heavy (non-hydrogen) atoms. The Kier molecular flexibility index (Phi) is 5.55. The smallest absolute Gasteiger partial charge is 0.337 e. The van der Waals surface area contributed by atoms with E-state index >= 15 is 0 Å². The number of carbonyl (C=O) groups excluding carboxylic acids is 1. The fraction of sp³-hybridized carbons (Fsp3) is 0.174. The molecule has 0 amide bonds. The second-order valence-electron chi connectivity index (χ2n) is 6.81. The Labute approximate surface area is 183 Å². The Morgan fingerprint density at radius 3 is 2.31 bits per heavy atom. The van der Waals surface area contributed by atoms with Gasteiger partial charge in [0.25, 0.3) is 0 Å². The van der Waals surface area contributed by atoms with Crippen LogP contribution in [0, 0.1) is 0 Å². The fourth-order valence-corrected chi connectivity index (χ4v) is 3.54. The first-order chi connectivity index (χ1) is 15.5. The second-order valence-corrected chi connectivity index (χ2v) is 6.81. The number of imidazole rings is 1. The summed E-state index contributed by atoms with van der Waals surface area (Å²) in [6.45, 7) is 0. The molecule has 1 N–H and O–H groups in total. The van der Waals surface area contributed by atoms with E-state index in [0.29, 0.717) is 50.8 Å². The molecule has 2 aromatic carbocycles. The minimum atomic E-state index is -0.441. The van der Waals surface area contributed by atoms with Crippen LogP contribution in [0.2, 0.25) is 0 Å². The van der Waals surface area contributed by atoms with E-state index in [1.807, 2.05) is 6.07 Å². The number of benzene rings is 2. The molecule has 0 fully saturated rings. The molecule has 0 saturated carbocycles. The van der Waals surface area contributed by atoms with Crippen LogP contribution >= 0.6 is 0 Å². The maximum absolute atomic E-state index is 12.8. The summed E-state index contributed by atoms with van der Waals surface area (Å²) in [6.07, 6.45) is 1.57. The number of rotatable bonds is 6. The molecule has 0 aliphatic heterocycles. The van der Waals surface area contributed by atoms with Gasteiger partial charge in [-0.25, -0.2) is 9.59 Å². The van der Waals surface area contributed by atoms with Crippen molar-refractivity contribution in [2.45, 2.75) is 0 Å². The van der Waals surface area contributed by atoms with Crippen molar-refractivity contribution >= 4 is 17.0 Å². The van der Waals surface area contributed by atoms with E-state index in [-0.39, 0.29) is 5.69 Å². The maximum atomic E-state index is 12.8. The molecular formula is C23H21N3O6. The topological polar surface area (TPSA) is 105 Å². The summed E-state index contributed by atoms with van der Waals surface area (Å²) < 4.78 is 22.5. The molecule has 2 heterocycles. The quantitative estimate of drug-likeness (QED) is 0.464. The SMILES string of the molecule is COC(=O)c1cccc(-c2cc3c(cn2)[nH]c(=O)n3-c2cc(OC)c(OC)c(OC)c2)c1. The summed E-state index contributed by atoms with van der Waals surface area (Å²) in [7, 11) is 5.86. The second kappa shape index (κ2) is 8.46. The van der Waals surface area contributed by atoms with E-state index in [1.54, 1.807) is 42.6 Å². The van der Waals surface area contributed by atoms with Crippen LogP contribution in [-0.2, 0) is 4.74 Å². The molecule has 9 nitrogen and oxygen atoms in total. The third-order valence-corrected chi connectivity index (χ3v) is 5.05. The number of fused-ring (bicyclic) bond motifs is 1. The molecule has 4 aromatic rings. The number of nitrogens with zero attached hydrogens (tertiary/aromatic N) is 2. The number of hydrogen-bond acceptors (Lipinski definition) is 7. The van der Waals surface area contributed by atoms with Gasteiger partial charge in [-0.1, -0.05) is 12.1 Å². The summed E-state index contributed by atoms with van der Waals surface area (Å²) >= 11 is 0. The Morgan fingerprint density at radius 1 is 0.969 bits per heavy atom. The molecule has 0 atom stereocenters. The molecule has 4 rings (SSSR count). The van der Waals surface area contributed by atoms with Gasteiger partial charge in [0.05, 0.1) is 62.6 Å². The zero-order chi connectivity index (χ0) is 22.8. The minimum absolute atomic E-state index is 0.350. The summed E-state index contributed by atoms with van der Waals surface area (Å²) in [6, 6.07) is 12.1. The van der Waals surface area contributed by atoms with E-state index in [2.05, 4.69) is 9.97 Å². The van der Waals surface area contributed by atoms with Crippen LogP contribution in [-0.4, -0.2) is 48.9 Å². The molecule has 0 radical (unpaired) electrons. The lowest BCUT2D eigenvalue weighted by Gasteiger charge is -2.14. The summed E-state index contributed by atoms with van der Waals surface area (Å²) in [5, 5.41) is 0. The predicted molar refractivity (Wildman–Crippen MR) is 118 cm³/mol. The van der Waals surface area contributed by atoms with Crippen molar-refractivity contribution in [3.05, 3.63) is 64.7 Å². The largest absolute Gasteiger partial charge is 0.493 e. The maximum Gasteiger partial charge on any atom is 0.337 e. The number of carbonyl (C=O) groups is 1. The van der Waals surface area contributed by atoms with E-state index < -0.39 is 5.97 Å². The molecule has 0 unspecified atom stereocenters. The van der Waals surface area contributed by atoms with Gasteiger partial charge in [0.15, 0.2) is 11.5 Å². The van der Waals surface area contributed by atoms with E-state index in [0.717, 1.165) is 0 Å². The highest BCUT2D eigenvalue weighted by Gasteiger charge is 2.18. The number of ether oxygens (including phenoxy) is 4. The Hall–Kier alpha value is -4.27. The van der Waals surface area contributed by atoms with Crippen molar-refractivity contribution in [1.82, 2.24) is 14.5 Å². The number of pyridine rings is 1. The number of aromatic nitrogens is 3. The van der Waals surface area contributed by atoms with Crippen molar-refractivity contribution in [3.63, 3.8) is 0 Å². The van der Waals surface area contributed by atoms with Crippen molar-refractivity contribution in [3.8, 4) is 34.2 Å². The average Bonchev–Trinajstić information content (AvgIpc) is 3.17. The van der Waals surface area contributed by atoms with Crippen molar-refractivity contribution < 1.29 is 23.7 Å². The predicted octanol–water partition coefficient (Wildman–Crippen LogP) is 3.19. The summed E-state index contributed by atoms with van der Waals surface area (Å²) in [5.41, 5.74) is 3.02. The lowest BCUT2D eigenvalue weighted by Crippen LogP contribution is -2.15. The molecular weight excluding hydrogens is 414 g/mol. The Balaban J connectivity index is 1.91. The first-order valence-corrected chi connectivity index (χ1v) is 9.60. The first kappa shape index (κ1) is 21.0. The third kappa shape index (κ3) is 3.53. The van der Waals surface area contributed by atoms with Crippen LogP contribution in [0.1, 0.15) is 10.4 Å². The van der Waals surface area contributed by atoms with Crippen LogP contribution in [0.25, 0.3) is 28.0 Å². The fourth-order valence-electron chi connectivity index (χ4n) is 3.54. The van der Waals surface area contributed by atoms with Gasteiger partial charge < -0.3 is 23.9 Å². The number of esters is 1. The highest BCUT2D eigenvalue weighted by Crippen LogP contribution is 2.39. The van der Waals surface area contributed by atoms with Crippen molar-refractivity contribution in [1.29, 1.82) is 0 Å². The van der Waals surface area contributed by atoms with Gasteiger partial charge in [-0.2, -0.15) is 0 Å². The van der Waals surface area contributed by atoms with E-state index in [1.165, 1.54) is 33.0 Å². The normalized spacial score (nSPS) is 10.8. The molecule has 0 aliphatic rings. The van der Waals surface area contributed by atoms with Gasteiger partial charge in [0, 0.05) is 17.7 Å². The van der Waals surface area contributed by atoms with Crippen LogP contribution in [0.3, 0.4) is 0 Å². The molecule has 9 heteroatoms. The van der Waals surface area contributed by atoms with Crippen molar-refractivity contribution in [2.24, 2.45) is 0 Å². The highest BCUT2D eigenvalue weighted by atomic mass is 16.5. The highest BCUT2D eigenvalue weighted by molar-refractivity contribution is 5.91. The van der Waals surface area contributed by atoms with Crippen LogP contribution in [0.4, 0.5) is 0 Å². The summed E-state index contributed by atoms with van der Waals surface area (Å²) in [4.78, 5) is 32.0. The number of hydrogen-bond donors (Lipinski definition) is 1. The molecule has 0 aliphatic carbocycles. The Morgan fingerprint density at radius 2 is 1.69 bits per heavy atom.